The second kappa shape index (κ2) is 3.38. The van der Waals surface area contributed by atoms with E-state index in [1.165, 1.54) is 24.0 Å². The van der Waals surface area contributed by atoms with E-state index in [-0.39, 0.29) is 0 Å². The molecule has 0 saturated carbocycles. The minimum atomic E-state index is 0.440. The number of fused-ring (bicyclic) bond motifs is 1. The average Bonchev–Trinajstić information content (AvgIpc) is 2.58. The summed E-state index contributed by atoms with van der Waals surface area (Å²) in [6.07, 6.45) is 3.53. The summed E-state index contributed by atoms with van der Waals surface area (Å²) in [4.78, 5) is 0. The van der Waals surface area contributed by atoms with E-state index >= 15 is 0 Å². The highest BCUT2D eigenvalue weighted by Crippen LogP contribution is 2.30. The van der Waals surface area contributed by atoms with E-state index in [4.69, 9.17) is 0 Å². The summed E-state index contributed by atoms with van der Waals surface area (Å²) in [5, 5.41) is 12.8. The highest BCUT2D eigenvalue weighted by Gasteiger charge is 2.16. The molecule has 0 aromatic heterocycles. The van der Waals surface area contributed by atoms with Crippen molar-refractivity contribution in [2.24, 2.45) is 0 Å². The van der Waals surface area contributed by atoms with Crippen molar-refractivity contribution in [3.63, 3.8) is 0 Å². The molecule has 2 heteroatoms. The second-order valence-electron chi connectivity index (χ2n) is 3.58. The first kappa shape index (κ1) is 8.57. The quantitative estimate of drug-likeness (QED) is 0.719. The van der Waals surface area contributed by atoms with Crippen LogP contribution in [-0.2, 0) is 19.4 Å². The first-order valence-corrected chi connectivity index (χ1v) is 4.80. The van der Waals surface area contributed by atoms with Crippen LogP contribution in [0.4, 0.5) is 0 Å². The lowest BCUT2D eigenvalue weighted by Gasteiger charge is -2.09. The smallest absolute Gasteiger partial charge is 0.120 e. The van der Waals surface area contributed by atoms with Crippen LogP contribution in [-0.4, -0.2) is 12.2 Å². The van der Waals surface area contributed by atoms with E-state index in [0.717, 1.165) is 18.5 Å². The molecule has 1 aliphatic rings. The fourth-order valence-electron chi connectivity index (χ4n) is 2.10. The van der Waals surface area contributed by atoms with Crippen molar-refractivity contribution < 1.29 is 5.11 Å². The highest BCUT2D eigenvalue weighted by molar-refractivity contribution is 5.46. The molecule has 1 aromatic rings. The summed E-state index contributed by atoms with van der Waals surface area (Å²) in [5.41, 5.74) is 3.88. The number of aromatic hydroxyl groups is 1. The Bertz CT molecular complexity index is 320. The molecule has 0 atom stereocenters. The van der Waals surface area contributed by atoms with Crippen molar-refractivity contribution in [3.8, 4) is 5.75 Å². The van der Waals surface area contributed by atoms with Crippen LogP contribution in [0.3, 0.4) is 0 Å². The van der Waals surface area contributed by atoms with Gasteiger partial charge in [0.25, 0.3) is 0 Å². The normalized spacial score (nSPS) is 14.5. The van der Waals surface area contributed by atoms with Gasteiger partial charge >= 0.3 is 0 Å². The Morgan fingerprint density at radius 1 is 1.38 bits per heavy atom. The van der Waals surface area contributed by atoms with Crippen molar-refractivity contribution in [1.82, 2.24) is 5.32 Å². The molecule has 0 amide bonds. The fraction of sp³-hybridized carbons (Fsp3) is 0.455. The fourth-order valence-corrected chi connectivity index (χ4v) is 2.10. The maximum absolute atomic E-state index is 9.67. The molecule has 0 spiro atoms. The number of benzene rings is 1. The second-order valence-corrected chi connectivity index (χ2v) is 3.58. The number of phenolic OH excluding ortho intramolecular Hbond substituents is 1. The molecule has 70 valence electrons. The van der Waals surface area contributed by atoms with Crippen LogP contribution in [0.5, 0.6) is 5.75 Å². The van der Waals surface area contributed by atoms with Crippen LogP contribution < -0.4 is 5.32 Å². The Kier molecular flexibility index (Phi) is 2.23. The van der Waals surface area contributed by atoms with Gasteiger partial charge in [0.1, 0.15) is 5.75 Å². The summed E-state index contributed by atoms with van der Waals surface area (Å²) in [6, 6.07) is 3.87. The van der Waals surface area contributed by atoms with E-state index < -0.39 is 0 Å². The molecule has 0 radical (unpaired) electrons. The number of nitrogens with one attached hydrogen (secondary N) is 1. The number of hydrogen-bond acceptors (Lipinski definition) is 2. The minimum absolute atomic E-state index is 0.440. The van der Waals surface area contributed by atoms with Crippen LogP contribution in [0.25, 0.3) is 0 Å². The zero-order valence-corrected chi connectivity index (χ0v) is 7.93. The van der Waals surface area contributed by atoms with Crippen LogP contribution in [0.2, 0.25) is 0 Å². The standard InChI is InChI=1S/C11H15NO/c1-12-7-10-9-4-2-3-8(9)5-6-11(10)13/h5-6,12-13H,2-4,7H2,1H3. The molecule has 0 aliphatic heterocycles. The van der Waals surface area contributed by atoms with E-state index in [1.807, 2.05) is 13.1 Å². The van der Waals surface area contributed by atoms with Gasteiger partial charge in [-0.2, -0.15) is 0 Å². The van der Waals surface area contributed by atoms with Gasteiger partial charge < -0.3 is 10.4 Å². The number of hydrogen-bond donors (Lipinski definition) is 2. The van der Waals surface area contributed by atoms with Crippen molar-refractivity contribution in [3.05, 3.63) is 28.8 Å². The summed E-state index contributed by atoms with van der Waals surface area (Å²) in [6.45, 7) is 0.773. The zero-order valence-electron chi connectivity index (χ0n) is 7.93. The molecule has 0 fully saturated rings. The predicted octanol–water partition coefficient (Wildman–Crippen LogP) is 1.60. The van der Waals surface area contributed by atoms with Crippen molar-refractivity contribution in [1.29, 1.82) is 0 Å². The molecule has 0 bridgehead atoms. The summed E-state index contributed by atoms with van der Waals surface area (Å²) in [5.74, 6) is 0.440. The number of rotatable bonds is 2. The molecule has 1 aromatic carbocycles. The summed E-state index contributed by atoms with van der Waals surface area (Å²) >= 11 is 0. The molecule has 2 nitrogen and oxygen atoms in total. The first-order valence-electron chi connectivity index (χ1n) is 4.80. The Morgan fingerprint density at radius 3 is 3.00 bits per heavy atom. The van der Waals surface area contributed by atoms with Crippen molar-refractivity contribution >= 4 is 0 Å². The van der Waals surface area contributed by atoms with Crippen LogP contribution in [0.15, 0.2) is 12.1 Å². The van der Waals surface area contributed by atoms with Gasteiger partial charge in [-0.25, -0.2) is 0 Å². The molecule has 0 unspecified atom stereocenters. The monoisotopic (exact) mass is 177 g/mol. The number of phenols is 1. The topological polar surface area (TPSA) is 32.3 Å². The summed E-state index contributed by atoms with van der Waals surface area (Å²) < 4.78 is 0. The van der Waals surface area contributed by atoms with Gasteiger partial charge in [0.05, 0.1) is 0 Å². The zero-order chi connectivity index (χ0) is 9.26. The molecule has 2 N–H and O–H groups in total. The lowest BCUT2D eigenvalue weighted by Crippen LogP contribution is -2.07. The highest BCUT2D eigenvalue weighted by atomic mass is 16.3. The van der Waals surface area contributed by atoms with E-state index in [9.17, 15) is 5.11 Å². The van der Waals surface area contributed by atoms with Gasteiger partial charge in [-0.05, 0) is 43.5 Å². The van der Waals surface area contributed by atoms with Gasteiger partial charge in [0.2, 0.25) is 0 Å². The minimum Gasteiger partial charge on any atom is -0.508 e. The van der Waals surface area contributed by atoms with Crippen LogP contribution >= 0.6 is 0 Å². The molecule has 0 saturated heterocycles. The van der Waals surface area contributed by atoms with E-state index in [1.54, 1.807) is 0 Å². The molecule has 1 aliphatic carbocycles. The maximum Gasteiger partial charge on any atom is 0.120 e. The Labute approximate surface area is 78.6 Å². The van der Waals surface area contributed by atoms with E-state index in [0.29, 0.717) is 5.75 Å². The Morgan fingerprint density at radius 2 is 2.23 bits per heavy atom. The van der Waals surface area contributed by atoms with Gasteiger partial charge in [-0.1, -0.05) is 6.07 Å². The van der Waals surface area contributed by atoms with Gasteiger partial charge in [0, 0.05) is 12.1 Å². The SMILES string of the molecule is CNCc1c(O)ccc2c1CCC2. The predicted molar refractivity (Wildman–Crippen MR) is 52.9 cm³/mol. The van der Waals surface area contributed by atoms with E-state index in [2.05, 4.69) is 11.4 Å². The van der Waals surface area contributed by atoms with Gasteiger partial charge in [-0.15, -0.1) is 0 Å². The summed E-state index contributed by atoms with van der Waals surface area (Å²) in [7, 11) is 1.91. The van der Waals surface area contributed by atoms with Crippen LogP contribution in [0.1, 0.15) is 23.1 Å². The van der Waals surface area contributed by atoms with Crippen molar-refractivity contribution in [2.75, 3.05) is 7.05 Å². The molecule has 0 heterocycles. The Balaban J connectivity index is 2.45. The lowest BCUT2D eigenvalue weighted by molar-refractivity contribution is 0.465. The third-order valence-electron chi connectivity index (χ3n) is 2.73. The third-order valence-corrected chi connectivity index (χ3v) is 2.73. The Hall–Kier alpha value is -1.02. The average molecular weight is 177 g/mol. The third kappa shape index (κ3) is 1.42. The molecular weight excluding hydrogens is 162 g/mol. The van der Waals surface area contributed by atoms with Gasteiger partial charge in [0.15, 0.2) is 0 Å². The van der Waals surface area contributed by atoms with Crippen molar-refractivity contribution in [2.45, 2.75) is 25.8 Å². The number of aryl methyl sites for hydroxylation is 1. The molecule has 2 rings (SSSR count). The van der Waals surface area contributed by atoms with Gasteiger partial charge in [-0.3, -0.25) is 0 Å². The largest absolute Gasteiger partial charge is 0.508 e. The van der Waals surface area contributed by atoms with Crippen LogP contribution in [0, 0.1) is 0 Å². The first-order chi connectivity index (χ1) is 6.33. The molecular formula is C11H15NO. The maximum atomic E-state index is 9.67. The molecule has 13 heavy (non-hydrogen) atoms. The lowest BCUT2D eigenvalue weighted by atomic mass is 10.0.